The highest BCUT2D eigenvalue weighted by Crippen LogP contribution is 2.39. The van der Waals surface area contributed by atoms with E-state index in [1.807, 2.05) is 12.1 Å². The molecule has 0 aliphatic heterocycles. The molecule has 82 valence electrons. The maximum Gasteiger partial charge on any atom is 0.0508 e. The number of benzene rings is 1. The maximum atomic E-state index is 5.97. The molecule has 1 saturated carbocycles. The van der Waals surface area contributed by atoms with Gasteiger partial charge in [-0.25, -0.2) is 0 Å². The number of nitrogen functional groups attached to an aromatic ring is 1. The van der Waals surface area contributed by atoms with Gasteiger partial charge in [-0.05, 0) is 42.5 Å². The monoisotopic (exact) mass is 269 g/mol. The van der Waals surface area contributed by atoms with Crippen LogP contribution in [0.4, 0.5) is 5.69 Å². The zero-order valence-electron chi connectivity index (χ0n) is 8.54. The van der Waals surface area contributed by atoms with Gasteiger partial charge in [-0.3, -0.25) is 11.3 Å². The van der Waals surface area contributed by atoms with Crippen LogP contribution in [0.25, 0.3) is 0 Å². The summed E-state index contributed by atoms with van der Waals surface area (Å²) in [6.07, 6.45) is 3.78. The third-order valence-electron chi connectivity index (χ3n) is 3.18. The minimum atomic E-state index is 0.191. The van der Waals surface area contributed by atoms with Gasteiger partial charge in [0.2, 0.25) is 0 Å². The van der Waals surface area contributed by atoms with Gasteiger partial charge in [0, 0.05) is 10.2 Å². The van der Waals surface area contributed by atoms with Gasteiger partial charge in [0.15, 0.2) is 0 Å². The summed E-state index contributed by atoms with van der Waals surface area (Å²) in [5, 5.41) is 0. The fourth-order valence-corrected chi connectivity index (χ4v) is 2.45. The van der Waals surface area contributed by atoms with Crippen molar-refractivity contribution in [1.29, 1.82) is 0 Å². The van der Waals surface area contributed by atoms with Crippen LogP contribution < -0.4 is 17.0 Å². The molecular formula is C11H16BrN3. The Balaban J connectivity index is 2.28. The molecule has 4 heteroatoms. The van der Waals surface area contributed by atoms with Crippen LogP contribution >= 0.6 is 15.9 Å². The molecule has 15 heavy (non-hydrogen) atoms. The van der Waals surface area contributed by atoms with Crippen molar-refractivity contribution < 1.29 is 0 Å². The summed E-state index contributed by atoms with van der Waals surface area (Å²) in [4.78, 5) is 0. The molecular weight excluding hydrogens is 254 g/mol. The van der Waals surface area contributed by atoms with Crippen molar-refractivity contribution in [2.45, 2.75) is 25.3 Å². The molecule has 1 aliphatic rings. The number of hydrazine groups is 1. The minimum Gasteiger partial charge on any atom is -0.398 e. The molecule has 0 amide bonds. The van der Waals surface area contributed by atoms with Gasteiger partial charge in [0.1, 0.15) is 0 Å². The van der Waals surface area contributed by atoms with E-state index in [-0.39, 0.29) is 6.04 Å². The SMILES string of the molecule is NNC(c1cc(Br)ccc1N)C1CCC1. The molecule has 0 bridgehead atoms. The molecule has 1 atom stereocenters. The first-order valence-electron chi connectivity index (χ1n) is 5.23. The Morgan fingerprint density at radius 3 is 2.67 bits per heavy atom. The lowest BCUT2D eigenvalue weighted by molar-refractivity contribution is 0.232. The predicted octanol–water partition coefficient (Wildman–Crippen LogP) is 2.34. The Labute approximate surface area is 98.3 Å². The van der Waals surface area contributed by atoms with Crippen LogP contribution in [-0.4, -0.2) is 0 Å². The fourth-order valence-electron chi connectivity index (χ4n) is 2.07. The first kappa shape index (κ1) is 10.9. The first-order chi connectivity index (χ1) is 7.22. The van der Waals surface area contributed by atoms with E-state index in [1.54, 1.807) is 0 Å². The molecule has 1 aromatic rings. The van der Waals surface area contributed by atoms with Gasteiger partial charge in [-0.15, -0.1) is 0 Å². The molecule has 3 nitrogen and oxygen atoms in total. The van der Waals surface area contributed by atoms with E-state index in [2.05, 4.69) is 27.4 Å². The van der Waals surface area contributed by atoms with Crippen molar-refractivity contribution in [2.24, 2.45) is 11.8 Å². The summed E-state index contributed by atoms with van der Waals surface area (Å²) < 4.78 is 1.05. The van der Waals surface area contributed by atoms with Crippen molar-refractivity contribution in [3.63, 3.8) is 0 Å². The molecule has 1 unspecified atom stereocenters. The standard InChI is InChI=1S/C11H16BrN3/c12-8-4-5-10(13)9(6-8)11(15-14)7-2-1-3-7/h4-7,11,15H,1-3,13-14H2. The number of nitrogens with two attached hydrogens (primary N) is 2. The second kappa shape index (κ2) is 4.51. The zero-order valence-corrected chi connectivity index (χ0v) is 10.1. The van der Waals surface area contributed by atoms with Crippen LogP contribution in [0.5, 0.6) is 0 Å². The number of halogens is 1. The van der Waals surface area contributed by atoms with Crippen molar-refractivity contribution in [3.05, 3.63) is 28.2 Å². The Morgan fingerprint density at radius 2 is 2.13 bits per heavy atom. The third kappa shape index (κ3) is 2.17. The minimum absolute atomic E-state index is 0.191. The molecule has 0 aromatic heterocycles. The topological polar surface area (TPSA) is 64.1 Å². The summed E-state index contributed by atoms with van der Waals surface area (Å²) in [5.74, 6) is 6.24. The largest absolute Gasteiger partial charge is 0.398 e. The number of anilines is 1. The molecule has 0 heterocycles. The fraction of sp³-hybridized carbons (Fsp3) is 0.455. The highest BCUT2D eigenvalue weighted by molar-refractivity contribution is 9.10. The van der Waals surface area contributed by atoms with Crippen molar-refractivity contribution in [1.82, 2.24) is 5.43 Å². The van der Waals surface area contributed by atoms with Gasteiger partial charge in [-0.2, -0.15) is 0 Å². The lowest BCUT2D eigenvalue weighted by Gasteiger charge is -2.34. The van der Waals surface area contributed by atoms with E-state index in [0.29, 0.717) is 5.92 Å². The van der Waals surface area contributed by atoms with Crippen LogP contribution in [0.15, 0.2) is 22.7 Å². The second-order valence-corrected chi connectivity index (χ2v) is 5.02. The van der Waals surface area contributed by atoms with Crippen molar-refractivity contribution in [3.8, 4) is 0 Å². The molecule has 5 N–H and O–H groups in total. The molecule has 0 saturated heterocycles. The van der Waals surface area contributed by atoms with Crippen LogP contribution in [0.1, 0.15) is 30.9 Å². The van der Waals surface area contributed by atoms with Gasteiger partial charge in [0.25, 0.3) is 0 Å². The summed E-state index contributed by atoms with van der Waals surface area (Å²) >= 11 is 3.46. The van der Waals surface area contributed by atoms with E-state index in [9.17, 15) is 0 Å². The van der Waals surface area contributed by atoms with Gasteiger partial charge >= 0.3 is 0 Å². The number of rotatable bonds is 3. The Kier molecular flexibility index (Phi) is 3.29. The van der Waals surface area contributed by atoms with Crippen molar-refractivity contribution in [2.75, 3.05) is 5.73 Å². The Bertz CT molecular complexity index is 350. The number of hydrogen-bond donors (Lipinski definition) is 3. The average Bonchev–Trinajstić information content (AvgIpc) is 2.15. The molecule has 0 spiro atoms. The highest BCUT2D eigenvalue weighted by atomic mass is 79.9. The van der Waals surface area contributed by atoms with E-state index in [1.165, 1.54) is 19.3 Å². The Morgan fingerprint density at radius 1 is 1.40 bits per heavy atom. The lowest BCUT2D eigenvalue weighted by atomic mass is 9.77. The third-order valence-corrected chi connectivity index (χ3v) is 3.68. The predicted molar refractivity (Wildman–Crippen MR) is 66.0 cm³/mol. The lowest BCUT2D eigenvalue weighted by Crippen LogP contribution is -2.36. The molecule has 2 rings (SSSR count). The van der Waals surface area contributed by atoms with E-state index in [4.69, 9.17) is 11.6 Å². The molecule has 1 fully saturated rings. The summed E-state index contributed by atoms with van der Waals surface area (Å²) in [6.45, 7) is 0. The quantitative estimate of drug-likeness (QED) is 0.448. The van der Waals surface area contributed by atoms with E-state index >= 15 is 0 Å². The zero-order chi connectivity index (χ0) is 10.8. The summed E-state index contributed by atoms with van der Waals surface area (Å²) in [6, 6.07) is 6.12. The Hall–Kier alpha value is -0.580. The smallest absolute Gasteiger partial charge is 0.0508 e. The van der Waals surface area contributed by atoms with Gasteiger partial charge in [-0.1, -0.05) is 22.4 Å². The van der Waals surface area contributed by atoms with Gasteiger partial charge in [0.05, 0.1) is 6.04 Å². The normalized spacial score (nSPS) is 18.5. The van der Waals surface area contributed by atoms with E-state index < -0.39 is 0 Å². The van der Waals surface area contributed by atoms with Crippen LogP contribution in [0, 0.1) is 5.92 Å². The number of hydrogen-bond acceptors (Lipinski definition) is 3. The maximum absolute atomic E-state index is 5.97. The first-order valence-corrected chi connectivity index (χ1v) is 6.02. The van der Waals surface area contributed by atoms with Crippen LogP contribution in [0.2, 0.25) is 0 Å². The summed E-state index contributed by atoms with van der Waals surface area (Å²) in [5.41, 5.74) is 10.8. The van der Waals surface area contributed by atoms with Gasteiger partial charge < -0.3 is 5.73 Å². The molecule has 0 radical (unpaired) electrons. The average molecular weight is 270 g/mol. The van der Waals surface area contributed by atoms with E-state index in [0.717, 1.165) is 15.7 Å². The highest BCUT2D eigenvalue weighted by Gasteiger charge is 2.28. The molecule has 1 aliphatic carbocycles. The molecule has 1 aromatic carbocycles. The second-order valence-electron chi connectivity index (χ2n) is 4.11. The van der Waals surface area contributed by atoms with Crippen molar-refractivity contribution >= 4 is 21.6 Å². The van der Waals surface area contributed by atoms with Crippen LogP contribution in [0.3, 0.4) is 0 Å². The summed E-state index contributed by atoms with van der Waals surface area (Å²) in [7, 11) is 0. The van der Waals surface area contributed by atoms with Crippen LogP contribution in [-0.2, 0) is 0 Å². The number of nitrogens with one attached hydrogen (secondary N) is 1.